The number of benzene rings is 1. The third kappa shape index (κ3) is 3.78. The molecule has 0 heterocycles. The summed E-state index contributed by atoms with van der Waals surface area (Å²) < 4.78 is 0. The normalized spacial score (nSPS) is 12.7. The molecule has 0 saturated carbocycles. The van der Waals surface area contributed by atoms with E-state index in [-0.39, 0.29) is 23.3 Å². The molecular formula is C13H20N2O3. The average molecular weight is 252 g/mol. The van der Waals surface area contributed by atoms with Crippen molar-refractivity contribution in [2.45, 2.75) is 33.4 Å². The van der Waals surface area contributed by atoms with Gasteiger partial charge in [0.25, 0.3) is 5.69 Å². The van der Waals surface area contributed by atoms with E-state index < -0.39 is 0 Å². The predicted octanol–water partition coefficient (Wildman–Crippen LogP) is 2.01. The summed E-state index contributed by atoms with van der Waals surface area (Å²) in [6.07, 6.45) is 0. The first kappa shape index (κ1) is 14.6. The molecule has 0 aliphatic rings. The van der Waals surface area contributed by atoms with Crippen molar-refractivity contribution in [2.75, 3.05) is 6.61 Å². The molecule has 0 unspecified atom stereocenters. The molecule has 0 spiro atoms. The smallest absolute Gasteiger partial charge is 0.272 e. The molecule has 0 aliphatic heterocycles. The molecule has 5 nitrogen and oxygen atoms in total. The number of rotatable bonds is 6. The Labute approximate surface area is 107 Å². The number of nitro groups is 1. The van der Waals surface area contributed by atoms with Crippen LogP contribution >= 0.6 is 0 Å². The average Bonchev–Trinajstić information content (AvgIpc) is 2.31. The van der Waals surface area contributed by atoms with Crippen LogP contribution in [0.2, 0.25) is 0 Å². The van der Waals surface area contributed by atoms with Crippen LogP contribution in [0.3, 0.4) is 0 Å². The van der Waals surface area contributed by atoms with Crippen LogP contribution in [0.15, 0.2) is 18.2 Å². The number of nitrogens with zero attached hydrogens (tertiary/aromatic N) is 1. The molecule has 1 rings (SSSR count). The highest BCUT2D eigenvalue weighted by Crippen LogP contribution is 2.19. The second kappa shape index (κ2) is 6.47. The topological polar surface area (TPSA) is 75.4 Å². The van der Waals surface area contributed by atoms with E-state index in [1.54, 1.807) is 19.1 Å². The largest absolute Gasteiger partial charge is 0.395 e. The molecule has 18 heavy (non-hydrogen) atoms. The molecule has 1 aromatic rings. The first-order chi connectivity index (χ1) is 8.45. The third-order valence-corrected chi connectivity index (χ3v) is 3.04. The van der Waals surface area contributed by atoms with E-state index >= 15 is 0 Å². The second-order valence-electron chi connectivity index (χ2n) is 4.79. The molecule has 5 heteroatoms. The van der Waals surface area contributed by atoms with Crippen LogP contribution in [0.25, 0.3) is 0 Å². The standard InChI is InChI=1S/C13H20N2O3/c1-9(2)12(8-16)14-7-11-5-4-10(3)13(6-11)15(17)18/h4-6,9,12,14,16H,7-8H2,1-3H3/t12-/m1/s1. The van der Waals surface area contributed by atoms with E-state index in [1.165, 1.54) is 0 Å². The zero-order valence-electron chi connectivity index (χ0n) is 11.0. The quantitative estimate of drug-likeness (QED) is 0.600. The first-order valence-corrected chi connectivity index (χ1v) is 6.04. The fraction of sp³-hybridized carbons (Fsp3) is 0.538. The van der Waals surface area contributed by atoms with E-state index in [0.717, 1.165) is 5.56 Å². The van der Waals surface area contributed by atoms with Gasteiger partial charge >= 0.3 is 0 Å². The highest BCUT2D eigenvalue weighted by Gasteiger charge is 2.13. The van der Waals surface area contributed by atoms with Crippen molar-refractivity contribution in [3.8, 4) is 0 Å². The fourth-order valence-electron chi connectivity index (χ4n) is 1.72. The summed E-state index contributed by atoms with van der Waals surface area (Å²) in [7, 11) is 0. The Kier molecular flexibility index (Phi) is 5.25. The van der Waals surface area contributed by atoms with Gasteiger partial charge < -0.3 is 10.4 Å². The number of nitrogens with one attached hydrogen (secondary N) is 1. The van der Waals surface area contributed by atoms with Gasteiger partial charge in [0.2, 0.25) is 0 Å². The predicted molar refractivity (Wildman–Crippen MR) is 70.4 cm³/mol. The van der Waals surface area contributed by atoms with Crippen molar-refractivity contribution in [1.29, 1.82) is 0 Å². The van der Waals surface area contributed by atoms with Gasteiger partial charge in [-0.15, -0.1) is 0 Å². The number of hydrogen-bond acceptors (Lipinski definition) is 4. The molecule has 0 bridgehead atoms. The molecule has 1 atom stereocenters. The molecule has 2 N–H and O–H groups in total. The molecule has 0 fully saturated rings. The highest BCUT2D eigenvalue weighted by atomic mass is 16.6. The van der Waals surface area contributed by atoms with E-state index in [1.807, 2.05) is 19.9 Å². The summed E-state index contributed by atoms with van der Waals surface area (Å²) in [6, 6.07) is 5.20. The lowest BCUT2D eigenvalue weighted by molar-refractivity contribution is -0.385. The minimum Gasteiger partial charge on any atom is -0.395 e. The minimum atomic E-state index is -0.370. The maximum Gasteiger partial charge on any atom is 0.272 e. The summed E-state index contributed by atoms with van der Waals surface area (Å²) in [5, 5.41) is 23.2. The lowest BCUT2D eigenvalue weighted by Gasteiger charge is -2.19. The molecule has 100 valence electrons. The maximum absolute atomic E-state index is 10.8. The van der Waals surface area contributed by atoms with Gasteiger partial charge in [-0.05, 0) is 18.4 Å². The van der Waals surface area contributed by atoms with Gasteiger partial charge in [0.05, 0.1) is 11.5 Å². The van der Waals surface area contributed by atoms with Crippen LogP contribution in [0.1, 0.15) is 25.0 Å². The van der Waals surface area contributed by atoms with Crippen molar-refractivity contribution >= 4 is 5.69 Å². The van der Waals surface area contributed by atoms with E-state index in [2.05, 4.69) is 5.32 Å². The Morgan fingerprint density at radius 3 is 2.61 bits per heavy atom. The number of aliphatic hydroxyl groups excluding tert-OH is 1. The van der Waals surface area contributed by atoms with Crippen molar-refractivity contribution in [1.82, 2.24) is 5.32 Å². The molecule has 0 radical (unpaired) electrons. The molecule has 0 aliphatic carbocycles. The Bertz CT molecular complexity index is 419. The van der Waals surface area contributed by atoms with E-state index in [9.17, 15) is 15.2 Å². The van der Waals surface area contributed by atoms with Crippen molar-refractivity contribution in [3.63, 3.8) is 0 Å². The fourth-order valence-corrected chi connectivity index (χ4v) is 1.72. The van der Waals surface area contributed by atoms with Crippen molar-refractivity contribution in [2.24, 2.45) is 5.92 Å². The molecular weight excluding hydrogens is 232 g/mol. The van der Waals surface area contributed by atoms with Crippen LogP contribution in [0.5, 0.6) is 0 Å². The van der Waals surface area contributed by atoms with Gasteiger partial charge in [0.1, 0.15) is 0 Å². The number of aliphatic hydroxyl groups is 1. The Morgan fingerprint density at radius 2 is 2.11 bits per heavy atom. The SMILES string of the molecule is Cc1ccc(CN[C@H](CO)C(C)C)cc1[N+](=O)[O-]. The van der Waals surface area contributed by atoms with Crippen LogP contribution in [-0.2, 0) is 6.54 Å². The van der Waals surface area contributed by atoms with Gasteiger partial charge in [-0.2, -0.15) is 0 Å². The summed E-state index contributed by atoms with van der Waals surface area (Å²) in [6.45, 7) is 6.34. The molecule has 0 aromatic heterocycles. The Morgan fingerprint density at radius 1 is 1.44 bits per heavy atom. The Hall–Kier alpha value is -1.46. The van der Waals surface area contributed by atoms with E-state index in [4.69, 9.17) is 0 Å². The van der Waals surface area contributed by atoms with Crippen molar-refractivity contribution < 1.29 is 10.0 Å². The van der Waals surface area contributed by atoms with Crippen LogP contribution in [0.4, 0.5) is 5.69 Å². The zero-order valence-corrected chi connectivity index (χ0v) is 11.0. The third-order valence-electron chi connectivity index (χ3n) is 3.04. The first-order valence-electron chi connectivity index (χ1n) is 6.04. The maximum atomic E-state index is 10.8. The number of hydrogen-bond donors (Lipinski definition) is 2. The summed E-state index contributed by atoms with van der Waals surface area (Å²) in [5.41, 5.74) is 1.65. The van der Waals surface area contributed by atoms with Gasteiger partial charge in [-0.3, -0.25) is 10.1 Å². The van der Waals surface area contributed by atoms with Gasteiger partial charge in [-0.1, -0.05) is 26.0 Å². The zero-order chi connectivity index (χ0) is 13.7. The van der Waals surface area contributed by atoms with Crippen LogP contribution in [-0.4, -0.2) is 22.7 Å². The summed E-state index contributed by atoms with van der Waals surface area (Å²) >= 11 is 0. The molecule has 0 saturated heterocycles. The summed E-state index contributed by atoms with van der Waals surface area (Å²) in [5.74, 6) is 0.315. The highest BCUT2D eigenvalue weighted by molar-refractivity contribution is 5.42. The Balaban J connectivity index is 2.74. The monoisotopic (exact) mass is 252 g/mol. The van der Waals surface area contributed by atoms with Gasteiger partial charge in [0, 0.05) is 24.2 Å². The molecule has 0 amide bonds. The number of aryl methyl sites for hydroxylation is 1. The van der Waals surface area contributed by atoms with Crippen LogP contribution < -0.4 is 5.32 Å². The van der Waals surface area contributed by atoms with Crippen LogP contribution in [0, 0.1) is 23.0 Å². The number of nitro benzene ring substituents is 1. The lowest BCUT2D eigenvalue weighted by atomic mass is 10.0. The summed E-state index contributed by atoms with van der Waals surface area (Å²) in [4.78, 5) is 10.5. The van der Waals surface area contributed by atoms with Gasteiger partial charge in [-0.25, -0.2) is 0 Å². The van der Waals surface area contributed by atoms with E-state index in [0.29, 0.717) is 18.0 Å². The van der Waals surface area contributed by atoms with Crippen molar-refractivity contribution in [3.05, 3.63) is 39.4 Å². The lowest BCUT2D eigenvalue weighted by Crippen LogP contribution is -2.36. The second-order valence-corrected chi connectivity index (χ2v) is 4.79. The van der Waals surface area contributed by atoms with Gasteiger partial charge in [0.15, 0.2) is 0 Å². The minimum absolute atomic E-state index is 0.00496. The molecule has 1 aromatic carbocycles.